The number of fused-ring (bicyclic) bond motifs is 2. The second kappa shape index (κ2) is 32.3. The number of rotatable bonds is 34. The summed E-state index contributed by atoms with van der Waals surface area (Å²) in [5.41, 5.74) is 3.80. The van der Waals surface area contributed by atoms with Crippen LogP contribution < -0.4 is 10.0 Å². The lowest BCUT2D eigenvalue weighted by molar-refractivity contribution is -0.145. The zero-order chi connectivity index (χ0) is 56.2. The largest absolute Gasteiger partial charge is 0.382 e. The molecule has 18 nitrogen and oxygen atoms in total. The van der Waals surface area contributed by atoms with Crippen molar-refractivity contribution in [1.82, 2.24) is 19.8 Å². The molecule has 2 aliphatic heterocycles. The fourth-order valence-corrected chi connectivity index (χ4v) is 14.2. The number of sulfonamides is 1. The number of sulfone groups is 1. The van der Waals surface area contributed by atoms with Crippen LogP contribution in [0, 0.1) is 11.8 Å². The number of nitrogens with zero attached hydrogens (tertiary/aromatic N) is 2. The molecule has 2 fully saturated rings. The molecule has 2 heterocycles. The molecule has 0 radical (unpaired) electrons. The fraction of sp³-hybridized carbons (Fsp3) is 0.630. The molecule has 8 atom stereocenters. The third-order valence-corrected chi connectivity index (χ3v) is 18.8. The number of carbonyl (C=O) groups excluding carboxylic acids is 2. The second-order valence-corrected chi connectivity index (χ2v) is 26.0. The van der Waals surface area contributed by atoms with Gasteiger partial charge in [0.05, 0.1) is 81.6 Å². The average Bonchev–Trinajstić information content (AvgIpc) is 3.50. The molecule has 4 N–H and O–H groups in total. The van der Waals surface area contributed by atoms with Gasteiger partial charge in [0.25, 0.3) is 5.91 Å². The number of aliphatic hydroxyl groups is 2. The maximum absolute atomic E-state index is 13.3. The molecule has 3 aromatic rings. The summed E-state index contributed by atoms with van der Waals surface area (Å²) in [5, 5.41) is 24.0. The van der Waals surface area contributed by atoms with Gasteiger partial charge in [0.2, 0.25) is 10.0 Å². The topological polar surface area (TPSA) is 229 Å². The van der Waals surface area contributed by atoms with E-state index in [1.807, 2.05) is 37.4 Å². The Morgan fingerprint density at radius 1 is 0.667 bits per heavy atom. The Kier molecular flexibility index (Phi) is 26.8. The number of benzene rings is 3. The normalized spacial score (nSPS) is 21.9. The van der Waals surface area contributed by atoms with Gasteiger partial charge in [0.15, 0.2) is 21.7 Å². The van der Waals surface area contributed by atoms with Gasteiger partial charge in [-0.3, -0.25) is 9.59 Å². The molecule has 24 heteroatoms. The van der Waals surface area contributed by atoms with Crippen LogP contribution in [0.1, 0.15) is 66.2 Å². The molecule has 8 unspecified atom stereocenters. The predicted octanol–water partition coefficient (Wildman–Crippen LogP) is 5.27. The lowest BCUT2D eigenvalue weighted by atomic mass is 9.67. The molecule has 1 aliphatic carbocycles. The number of carbonyl (C=O) groups is 2. The highest BCUT2D eigenvalue weighted by Crippen LogP contribution is 2.47. The highest BCUT2D eigenvalue weighted by atomic mass is 35.5. The van der Waals surface area contributed by atoms with E-state index in [1.165, 1.54) is 0 Å². The Labute approximate surface area is 479 Å². The maximum atomic E-state index is 13.3. The van der Waals surface area contributed by atoms with Gasteiger partial charge < -0.3 is 53.8 Å². The number of aliphatic hydroxyl groups excluding tert-OH is 2. The first-order chi connectivity index (χ1) is 37.3. The van der Waals surface area contributed by atoms with Crippen LogP contribution in [-0.2, 0) is 64.4 Å². The third kappa shape index (κ3) is 19.8. The van der Waals surface area contributed by atoms with Crippen molar-refractivity contribution in [2.75, 3.05) is 132 Å². The fourth-order valence-electron chi connectivity index (χ4n) is 10.2. The van der Waals surface area contributed by atoms with E-state index in [2.05, 4.69) is 26.9 Å². The highest BCUT2D eigenvalue weighted by molar-refractivity contribution is 7.91. The minimum absolute atomic E-state index is 0.00472. The molecular weight excluding hydrogens is 1130 g/mol. The van der Waals surface area contributed by atoms with Crippen LogP contribution in [0.5, 0.6) is 0 Å². The molecule has 0 spiro atoms. The van der Waals surface area contributed by atoms with Crippen LogP contribution in [0.2, 0.25) is 10.0 Å². The zero-order valence-electron chi connectivity index (χ0n) is 44.4. The SMILES string of the molecule is CN1Cc2c(Cl)cc(Cl)cc2C(c2cccc(S(=O)(=O)NCCOCCOCCOCCNC(=O)C(O)C(O)C(=O)CCCOCCOCCOCCCS(=O)(=O)c3cccc(C4CN(C)CC5C(Cl)CC(Cl)CC45)c3)c2)C1. The van der Waals surface area contributed by atoms with Crippen molar-refractivity contribution in [1.29, 1.82) is 0 Å². The summed E-state index contributed by atoms with van der Waals surface area (Å²) in [6.45, 7) is 5.78. The molecule has 3 aromatic carbocycles. The van der Waals surface area contributed by atoms with Gasteiger partial charge in [-0.05, 0) is 116 Å². The maximum Gasteiger partial charge on any atom is 0.252 e. The molecule has 6 rings (SSSR count). The summed E-state index contributed by atoms with van der Waals surface area (Å²) < 4.78 is 88.4. The van der Waals surface area contributed by atoms with E-state index in [4.69, 9.17) is 74.8 Å². The minimum atomic E-state index is -3.82. The van der Waals surface area contributed by atoms with Crippen molar-refractivity contribution in [3.63, 3.8) is 0 Å². The van der Waals surface area contributed by atoms with Gasteiger partial charge in [-0.2, -0.15) is 0 Å². The molecule has 1 amide bonds. The van der Waals surface area contributed by atoms with E-state index in [1.54, 1.807) is 30.3 Å². The van der Waals surface area contributed by atoms with Crippen molar-refractivity contribution in [3.8, 4) is 0 Å². The van der Waals surface area contributed by atoms with E-state index in [-0.39, 0.29) is 138 Å². The summed E-state index contributed by atoms with van der Waals surface area (Å²) in [5.74, 6) is -0.999. The number of amides is 1. The molecule has 3 aliphatic rings. The molecule has 0 bridgehead atoms. The standard InChI is InChI=1S/C54H76Cl4N4O14S2/c1-61-33-45(43-29-39(55)31-49(57)47(43)35-61)37-7-3-9-41(27-37)77(67,68)26-6-15-72-19-23-75-22-18-71-14-5-11-51(63)52(64)53(65)54(66)59-12-16-73-20-24-76-25-21-74-17-13-60-78(69,70)42-10-4-8-38(28-42)46-34-62(2)36-48-44(46)30-40(56)32-50(48)58/h3-4,7-10,27-28,30,32,39,43,45-47,49,52-53,60,64-65H,5-6,11-26,29,31,33-36H2,1-2H3,(H,59,66). The van der Waals surface area contributed by atoms with Crippen molar-refractivity contribution >= 4 is 78.0 Å². The Bertz CT molecular complexity index is 2610. The number of likely N-dealkylation sites (N-methyl/N-ethyl adjacent to an activating group) is 2. The predicted molar refractivity (Wildman–Crippen MR) is 299 cm³/mol. The molecule has 1 saturated heterocycles. The van der Waals surface area contributed by atoms with Crippen LogP contribution in [0.15, 0.2) is 70.5 Å². The van der Waals surface area contributed by atoms with Crippen LogP contribution in [-0.4, -0.2) is 203 Å². The van der Waals surface area contributed by atoms with Crippen molar-refractivity contribution in [2.45, 2.75) is 83.2 Å². The molecule has 78 heavy (non-hydrogen) atoms. The Hall–Kier alpha value is -2.58. The van der Waals surface area contributed by atoms with Gasteiger partial charge in [0, 0.05) is 85.6 Å². The van der Waals surface area contributed by atoms with E-state index in [9.17, 15) is 36.6 Å². The Morgan fingerprint density at radius 2 is 1.26 bits per heavy atom. The Morgan fingerprint density at radius 3 is 1.94 bits per heavy atom. The number of hydrogen-bond acceptors (Lipinski definition) is 16. The van der Waals surface area contributed by atoms with Gasteiger partial charge in [0.1, 0.15) is 6.10 Å². The first-order valence-corrected chi connectivity index (χ1v) is 31.3. The summed E-state index contributed by atoms with van der Waals surface area (Å²) >= 11 is 26.2. The van der Waals surface area contributed by atoms with Crippen molar-refractivity contribution in [2.24, 2.45) is 11.8 Å². The van der Waals surface area contributed by atoms with Crippen molar-refractivity contribution < 1.29 is 65.1 Å². The number of ether oxygens (including phenoxy) is 6. The monoisotopic (exact) mass is 1210 g/mol. The molecule has 436 valence electrons. The average molecular weight is 1210 g/mol. The number of nitrogens with one attached hydrogen (secondary N) is 2. The summed E-state index contributed by atoms with van der Waals surface area (Å²) in [7, 11) is -3.26. The first kappa shape index (κ1) is 64.6. The number of ketones is 1. The van der Waals surface area contributed by atoms with Gasteiger partial charge in [-0.1, -0.05) is 47.5 Å². The Balaban J connectivity index is 0.713. The third-order valence-electron chi connectivity index (χ3n) is 14.2. The number of alkyl halides is 2. The van der Waals surface area contributed by atoms with E-state index < -0.39 is 43.8 Å². The smallest absolute Gasteiger partial charge is 0.252 e. The molecule has 0 aromatic heterocycles. The second-order valence-electron chi connectivity index (χ2n) is 20.1. The number of halogens is 4. The number of likely N-dealkylation sites (tertiary alicyclic amines) is 1. The van der Waals surface area contributed by atoms with E-state index >= 15 is 0 Å². The molecular formula is C54H76Cl4N4O14S2. The lowest BCUT2D eigenvalue weighted by Gasteiger charge is -2.48. The highest BCUT2D eigenvalue weighted by Gasteiger charge is 2.44. The summed E-state index contributed by atoms with van der Waals surface area (Å²) in [6, 6.07) is 17.8. The number of Topliss-reactive ketones (excluding diaryl/α,β-unsaturated/α-hetero) is 1. The van der Waals surface area contributed by atoms with Crippen LogP contribution in [0.25, 0.3) is 0 Å². The first-order valence-electron chi connectivity index (χ1n) is 26.5. The molecule has 1 saturated carbocycles. The van der Waals surface area contributed by atoms with Gasteiger partial charge in [-0.15, -0.1) is 23.2 Å². The van der Waals surface area contributed by atoms with Crippen LogP contribution in [0.4, 0.5) is 0 Å². The number of hydrogen-bond donors (Lipinski definition) is 4. The van der Waals surface area contributed by atoms with E-state index in [0.29, 0.717) is 46.3 Å². The van der Waals surface area contributed by atoms with Crippen molar-refractivity contribution in [3.05, 3.63) is 93.0 Å². The van der Waals surface area contributed by atoms with E-state index in [0.717, 1.165) is 48.2 Å². The number of piperidine rings is 1. The zero-order valence-corrected chi connectivity index (χ0v) is 49.0. The van der Waals surface area contributed by atoms with Gasteiger partial charge >= 0.3 is 0 Å². The van der Waals surface area contributed by atoms with Gasteiger partial charge in [-0.25, -0.2) is 21.6 Å². The lowest BCUT2D eigenvalue weighted by Crippen LogP contribution is -2.50. The minimum Gasteiger partial charge on any atom is -0.382 e. The quantitative estimate of drug-likeness (QED) is 0.0441. The summed E-state index contributed by atoms with van der Waals surface area (Å²) in [6.07, 6.45) is -1.72. The summed E-state index contributed by atoms with van der Waals surface area (Å²) in [4.78, 5) is 29.6. The van der Waals surface area contributed by atoms with Crippen LogP contribution >= 0.6 is 46.4 Å². The van der Waals surface area contributed by atoms with Crippen LogP contribution in [0.3, 0.4) is 0 Å².